The SMILES string of the molecule is CC(C)C1CCC2CC(C3CCC4NCC(C(C)C)C4C3)N(C)C2C1. The van der Waals surface area contributed by atoms with E-state index in [1.165, 1.54) is 51.5 Å². The third-order valence-corrected chi connectivity index (χ3v) is 9.04. The van der Waals surface area contributed by atoms with Gasteiger partial charge in [0.25, 0.3) is 0 Å². The summed E-state index contributed by atoms with van der Waals surface area (Å²) in [4.78, 5) is 2.87. The third kappa shape index (κ3) is 3.31. The van der Waals surface area contributed by atoms with Gasteiger partial charge in [-0.3, -0.25) is 4.90 Å². The Kier molecular flexibility index (Phi) is 5.23. The van der Waals surface area contributed by atoms with Crippen LogP contribution in [0.3, 0.4) is 0 Å². The van der Waals surface area contributed by atoms with Crippen LogP contribution in [0.4, 0.5) is 0 Å². The Labute approximate surface area is 156 Å². The first-order valence-electron chi connectivity index (χ1n) is 11.4. The molecule has 2 aliphatic carbocycles. The van der Waals surface area contributed by atoms with E-state index in [1.54, 1.807) is 0 Å². The van der Waals surface area contributed by atoms with Crippen molar-refractivity contribution in [3.63, 3.8) is 0 Å². The zero-order valence-corrected chi connectivity index (χ0v) is 17.4. The first kappa shape index (κ1) is 18.3. The van der Waals surface area contributed by atoms with Crippen molar-refractivity contribution in [2.75, 3.05) is 13.6 Å². The molecule has 4 rings (SSSR count). The Morgan fingerprint density at radius 3 is 2.20 bits per heavy atom. The van der Waals surface area contributed by atoms with Crippen molar-refractivity contribution in [1.82, 2.24) is 10.2 Å². The van der Waals surface area contributed by atoms with Crippen LogP contribution in [0.25, 0.3) is 0 Å². The molecule has 144 valence electrons. The lowest BCUT2D eigenvalue weighted by Crippen LogP contribution is -2.44. The number of hydrogen-bond donors (Lipinski definition) is 1. The van der Waals surface area contributed by atoms with Gasteiger partial charge in [0.2, 0.25) is 0 Å². The maximum absolute atomic E-state index is 3.87. The molecule has 2 heterocycles. The van der Waals surface area contributed by atoms with Crippen LogP contribution in [0.1, 0.15) is 72.6 Å². The zero-order valence-electron chi connectivity index (χ0n) is 17.4. The maximum Gasteiger partial charge on any atom is 0.0127 e. The number of hydrogen-bond acceptors (Lipinski definition) is 2. The minimum absolute atomic E-state index is 0.836. The molecule has 2 heteroatoms. The lowest BCUT2D eigenvalue weighted by Gasteiger charge is -2.41. The number of rotatable bonds is 3. The van der Waals surface area contributed by atoms with Gasteiger partial charge in [0.1, 0.15) is 0 Å². The second-order valence-corrected chi connectivity index (χ2v) is 10.8. The highest BCUT2D eigenvalue weighted by atomic mass is 15.2. The molecule has 0 bridgehead atoms. The fraction of sp³-hybridized carbons (Fsp3) is 1.00. The Bertz CT molecular complexity index is 459. The standard InChI is InChI=1S/C23H42N2/c1-14(2)16-6-7-18-12-23(25(5)22(18)11-16)17-8-9-21-19(10-17)20(13-24-21)15(3)4/h14-24H,6-13H2,1-5H3. The predicted octanol–water partition coefficient (Wildman–Crippen LogP) is 4.79. The van der Waals surface area contributed by atoms with E-state index in [1.807, 2.05) is 0 Å². The second kappa shape index (κ2) is 7.15. The van der Waals surface area contributed by atoms with Crippen molar-refractivity contribution in [2.24, 2.45) is 41.4 Å². The van der Waals surface area contributed by atoms with Crippen molar-refractivity contribution < 1.29 is 0 Å². The molecule has 0 amide bonds. The van der Waals surface area contributed by atoms with E-state index in [0.29, 0.717) is 0 Å². The molecule has 2 aliphatic heterocycles. The zero-order chi connectivity index (χ0) is 17.7. The Hall–Kier alpha value is -0.0800. The third-order valence-electron chi connectivity index (χ3n) is 9.04. The van der Waals surface area contributed by atoms with Gasteiger partial charge in [0.15, 0.2) is 0 Å². The highest BCUT2D eigenvalue weighted by Crippen LogP contribution is 2.49. The molecule has 2 nitrogen and oxygen atoms in total. The lowest BCUT2D eigenvalue weighted by molar-refractivity contribution is 0.0859. The van der Waals surface area contributed by atoms with Crippen LogP contribution in [-0.2, 0) is 0 Å². The van der Waals surface area contributed by atoms with Crippen molar-refractivity contribution in [3.05, 3.63) is 0 Å². The van der Waals surface area contributed by atoms with Crippen molar-refractivity contribution >= 4 is 0 Å². The second-order valence-electron chi connectivity index (χ2n) is 10.8. The molecule has 0 aromatic carbocycles. The minimum atomic E-state index is 0.836. The van der Waals surface area contributed by atoms with Gasteiger partial charge in [-0.2, -0.15) is 0 Å². The van der Waals surface area contributed by atoms with Crippen LogP contribution in [-0.4, -0.2) is 36.6 Å². The maximum atomic E-state index is 3.87. The molecule has 4 fully saturated rings. The van der Waals surface area contributed by atoms with Gasteiger partial charge in [0, 0.05) is 18.1 Å². The minimum Gasteiger partial charge on any atom is -0.313 e. The van der Waals surface area contributed by atoms with E-state index in [0.717, 1.165) is 59.6 Å². The van der Waals surface area contributed by atoms with Gasteiger partial charge >= 0.3 is 0 Å². The Morgan fingerprint density at radius 1 is 0.800 bits per heavy atom. The van der Waals surface area contributed by atoms with Crippen molar-refractivity contribution in [1.29, 1.82) is 0 Å². The quantitative estimate of drug-likeness (QED) is 0.790. The molecule has 2 saturated carbocycles. The number of likely N-dealkylation sites (tertiary alicyclic amines) is 1. The fourth-order valence-corrected chi connectivity index (χ4v) is 7.35. The highest BCUT2D eigenvalue weighted by Gasteiger charge is 2.49. The number of fused-ring (bicyclic) bond motifs is 2. The van der Waals surface area contributed by atoms with Gasteiger partial charge < -0.3 is 5.32 Å². The summed E-state index contributed by atoms with van der Waals surface area (Å²) in [5, 5.41) is 3.87. The van der Waals surface area contributed by atoms with Crippen LogP contribution in [0.2, 0.25) is 0 Å². The summed E-state index contributed by atoms with van der Waals surface area (Å²) in [6.45, 7) is 11.1. The largest absolute Gasteiger partial charge is 0.313 e. The van der Waals surface area contributed by atoms with Crippen molar-refractivity contribution in [2.45, 2.75) is 90.8 Å². The van der Waals surface area contributed by atoms with Crippen LogP contribution in [0.5, 0.6) is 0 Å². The lowest BCUT2D eigenvalue weighted by atomic mass is 9.69. The molecular weight excluding hydrogens is 304 g/mol. The molecule has 2 saturated heterocycles. The van der Waals surface area contributed by atoms with E-state index in [9.17, 15) is 0 Å². The van der Waals surface area contributed by atoms with Crippen LogP contribution >= 0.6 is 0 Å². The average Bonchev–Trinajstić information content (AvgIpc) is 3.15. The fourth-order valence-electron chi connectivity index (χ4n) is 7.35. The highest BCUT2D eigenvalue weighted by molar-refractivity contribution is 5.03. The van der Waals surface area contributed by atoms with Gasteiger partial charge in [0.05, 0.1) is 0 Å². The Balaban J connectivity index is 1.42. The molecule has 1 N–H and O–H groups in total. The molecule has 8 unspecified atom stereocenters. The normalized spacial score (nSPS) is 48.1. The summed E-state index contributed by atoms with van der Waals surface area (Å²) in [5.74, 6) is 6.55. The summed E-state index contributed by atoms with van der Waals surface area (Å²) in [6, 6.07) is 2.62. The first-order chi connectivity index (χ1) is 12.0. The van der Waals surface area contributed by atoms with Crippen LogP contribution in [0.15, 0.2) is 0 Å². The van der Waals surface area contributed by atoms with E-state index < -0.39 is 0 Å². The number of nitrogens with zero attached hydrogens (tertiary/aromatic N) is 1. The topological polar surface area (TPSA) is 15.3 Å². The van der Waals surface area contributed by atoms with E-state index in [4.69, 9.17) is 0 Å². The summed E-state index contributed by atoms with van der Waals surface area (Å²) in [5.41, 5.74) is 0. The Morgan fingerprint density at radius 2 is 1.48 bits per heavy atom. The summed E-state index contributed by atoms with van der Waals surface area (Å²) in [7, 11) is 2.48. The van der Waals surface area contributed by atoms with Crippen molar-refractivity contribution in [3.8, 4) is 0 Å². The molecule has 25 heavy (non-hydrogen) atoms. The molecule has 8 atom stereocenters. The van der Waals surface area contributed by atoms with Crippen LogP contribution < -0.4 is 5.32 Å². The molecule has 4 aliphatic rings. The van der Waals surface area contributed by atoms with Crippen LogP contribution in [0, 0.1) is 41.4 Å². The van der Waals surface area contributed by atoms with E-state index in [2.05, 4.69) is 45.0 Å². The van der Waals surface area contributed by atoms with Gasteiger partial charge in [-0.15, -0.1) is 0 Å². The summed E-state index contributed by atoms with van der Waals surface area (Å²) in [6.07, 6.45) is 10.4. The molecule has 0 spiro atoms. The molecule has 0 radical (unpaired) electrons. The molecular formula is C23H42N2. The van der Waals surface area contributed by atoms with Gasteiger partial charge in [-0.25, -0.2) is 0 Å². The molecule has 0 aromatic rings. The van der Waals surface area contributed by atoms with Gasteiger partial charge in [-0.1, -0.05) is 27.7 Å². The van der Waals surface area contributed by atoms with Gasteiger partial charge in [-0.05, 0) is 100.0 Å². The summed E-state index contributed by atoms with van der Waals surface area (Å²) >= 11 is 0. The first-order valence-corrected chi connectivity index (χ1v) is 11.4. The number of nitrogens with one attached hydrogen (secondary N) is 1. The monoisotopic (exact) mass is 346 g/mol. The smallest absolute Gasteiger partial charge is 0.0127 e. The average molecular weight is 347 g/mol. The predicted molar refractivity (Wildman–Crippen MR) is 107 cm³/mol. The molecule has 0 aromatic heterocycles. The van der Waals surface area contributed by atoms with E-state index in [-0.39, 0.29) is 0 Å². The summed E-state index contributed by atoms with van der Waals surface area (Å²) < 4.78 is 0. The van der Waals surface area contributed by atoms with E-state index >= 15 is 0 Å².